The van der Waals surface area contributed by atoms with Gasteiger partial charge in [0.15, 0.2) is 0 Å². The van der Waals surface area contributed by atoms with Gasteiger partial charge in [-0.1, -0.05) is 6.92 Å². The van der Waals surface area contributed by atoms with Crippen LogP contribution >= 0.6 is 0 Å². The third-order valence-corrected chi connectivity index (χ3v) is 3.31. The van der Waals surface area contributed by atoms with Gasteiger partial charge in [-0.2, -0.15) is 13.2 Å². The Hall–Kier alpha value is -2.07. The van der Waals surface area contributed by atoms with Gasteiger partial charge in [0.2, 0.25) is 5.91 Å². The van der Waals surface area contributed by atoms with Crippen molar-refractivity contribution in [3.63, 3.8) is 0 Å². The number of carboxylic acids is 1. The van der Waals surface area contributed by atoms with Gasteiger partial charge in [0.25, 0.3) is 0 Å². The summed E-state index contributed by atoms with van der Waals surface area (Å²) in [6, 6.07) is 3.49. The first kappa shape index (κ1) is 21.0. The Labute approximate surface area is 142 Å². The van der Waals surface area contributed by atoms with Gasteiger partial charge in [0.05, 0.1) is 19.3 Å². The standard InChI is InChI=1S/C13H20N2O3.C2HF3O2/c1-3-10(12-5-4-9(2)18-12)15-13(16)11-8-17-7-6-14-11;3-2(4,5)1(6)7/h4-5,10-11,14H,3,6-8H2,1-2H3,(H,15,16);(H,6,7)/t10-,11+;/m1./s1. The fourth-order valence-electron chi connectivity index (χ4n) is 2.02. The van der Waals surface area contributed by atoms with Crippen LogP contribution in [0.25, 0.3) is 0 Å². The molecule has 1 aromatic heterocycles. The molecule has 0 saturated carbocycles. The number of carboxylic acid groups (broad SMARTS) is 1. The van der Waals surface area contributed by atoms with E-state index in [4.69, 9.17) is 19.1 Å². The summed E-state index contributed by atoms with van der Waals surface area (Å²) in [4.78, 5) is 20.9. The van der Waals surface area contributed by atoms with Crippen LogP contribution in [0.5, 0.6) is 0 Å². The van der Waals surface area contributed by atoms with Crippen molar-refractivity contribution >= 4 is 11.9 Å². The van der Waals surface area contributed by atoms with E-state index in [1.165, 1.54) is 0 Å². The molecule has 7 nitrogen and oxygen atoms in total. The number of carbonyl (C=O) groups excluding carboxylic acids is 1. The lowest BCUT2D eigenvalue weighted by molar-refractivity contribution is -0.192. The molecule has 3 N–H and O–H groups in total. The summed E-state index contributed by atoms with van der Waals surface area (Å²) in [7, 11) is 0. The SMILES string of the molecule is CC[C@@H](NC(=O)[C@@H]1COCCN1)c1ccc(C)o1.O=C(O)C(F)(F)F. The van der Waals surface area contributed by atoms with Crippen molar-refractivity contribution in [3.8, 4) is 0 Å². The second kappa shape index (κ2) is 9.42. The van der Waals surface area contributed by atoms with Crippen LogP contribution in [0.2, 0.25) is 0 Å². The number of halogens is 3. The lowest BCUT2D eigenvalue weighted by Crippen LogP contribution is -2.51. The molecule has 0 spiro atoms. The van der Waals surface area contributed by atoms with Crippen LogP contribution in [0.3, 0.4) is 0 Å². The Morgan fingerprint density at radius 1 is 1.44 bits per heavy atom. The van der Waals surface area contributed by atoms with Crippen molar-refractivity contribution in [2.45, 2.75) is 38.5 Å². The second-order valence-corrected chi connectivity index (χ2v) is 5.30. The van der Waals surface area contributed by atoms with Gasteiger partial charge in [0, 0.05) is 6.54 Å². The summed E-state index contributed by atoms with van der Waals surface area (Å²) < 4.78 is 42.6. The van der Waals surface area contributed by atoms with E-state index in [9.17, 15) is 18.0 Å². The summed E-state index contributed by atoms with van der Waals surface area (Å²) in [5, 5.41) is 13.3. The largest absolute Gasteiger partial charge is 0.490 e. The lowest BCUT2D eigenvalue weighted by atomic mass is 10.1. The van der Waals surface area contributed by atoms with Crippen molar-refractivity contribution in [1.29, 1.82) is 0 Å². The third-order valence-electron chi connectivity index (χ3n) is 3.31. The number of amides is 1. The first-order valence-corrected chi connectivity index (χ1v) is 7.63. The van der Waals surface area contributed by atoms with Crippen molar-refractivity contribution in [3.05, 3.63) is 23.7 Å². The maximum Gasteiger partial charge on any atom is 0.490 e. The van der Waals surface area contributed by atoms with Crippen molar-refractivity contribution in [1.82, 2.24) is 10.6 Å². The van der Waals surface area contributed by atoms with Gasteiger partial charge < -0.3 is 24.9 Å². The molecule has 0 aliphatic carbocycles. The molecule has 1 aromatic rings. The van der Waals surface area contributed by atoms with Crippen LogP contribution < -0.4 is 10.6 Å². The summed E-state index contributed by atoms with van der Waals surface area (Å²) in [6.07, 6.45) is -4.29. The highest BCUT2D eigenvalue weighted by Crippen LogP contribution is 2.19. The van der Waals surface area contributed by atoms with Crippen LogP contribution in [0, 0.1) is 6.92 Å². The van der Waals surface area contributed by atoms with Crippen LogP contribution in [-0.4, -0.2) is 49.0 Å². The summed E-state index contributed by atoms with van der Waals surface area (Å²) in [6.45, 7) is 5.73. The number of furan rings is 1. The molecule has 2 heterocycles. The third kappa shape index (κ3) is 7.14. The van der Waals surface area contributed by atoms with E-state index in [0.717, 1.165) is 24.5 Å². The molecular formula is C15H21F3N2O5. The molecule has 0 radical (unpaired) electrons. The Balaban J connectivity index is 0.000000381. The number of nitrogens with one attached hydrogen (secondary N) is 2. The predicted molar refractivity (Wildman–Crippen MR) is 80.9 cm³/mol. The maximum absolute atomic E-state index is 12.1. The van der Waals surface area contributed by atoms with E-state index in [1.54, 1.807) is 0 Å². The average Bonchev–Trinajstić information content (AvgIpc) is 2.99. The monoisotopic (exact) mass is 366 g/mol. The molecule has 2 atom stereocenters. The van der Waals surface area contributed by atoms with Crippen LogP contribution in [0.1, 0.15) is 30.9 Å². The van der Waals surface area contributed by atoms with E-state index in [1.807, 2.05) is 26.0 Å². The number of aliphatic carboxylic acids is 1. The summed E-state index contributed by atoms with van der Waals surface area (Å²) in [5.74, 6) is -1.12. The molecule has 1 saturated heterocycles. The van der Waals surface area contributed by atoms with Gasteiger partial charge in [-0.05, 0) is 25.5 Å². The first-order chi connectivity index (χ1) is 11.6. The van der Waals surface area contributed by atoms with Crippen LogP contribution in [0.15, 0.2) is 16.5 Å². The fraction of sp³-hybridized carbons (Fsp3) is 0.600. The smallest absolute Gasteiger partial charge is 0.475 e. The number of ether oxygens (including phenoxy) is 1. The zero-order valence-electron chi connectivity index (χ0n) is 13.9. The van der Waals surface area contributed by atoms with Gasteiger partial charge in [0.1, 0.15) is 17.6 Å². The molecule has 2 rings (SSSR count). The second-order valence-electron chi connectivity index (χ2n) is 5.30. The van der Waals surface area contributed by atoms with E-state index in [-0.39, 0.29) is 18.0 Å². The first-order valence-electron chi connectivity index (χ1n) is 7.63. The summed E-state index contributed by atoms with van der Waals surface area (Å²) >= 11 is 0. The Kier molecular flexibility index (Phi) is 7.91. The highest BCUT2D eigenvalue weighted by atomic mass is 19.4. The molecule has 1 amide bonds. The molecule has 1 aliphatic heterocycles. The molecule has 25 heavy (non-hydrogen) atoms. The van der Waals surface area contributed by atoms with Crippen molar-refractivity contribution < 1.29 is 37.0 Å². The Morgan fingerprint density at radius 3 is 2.48 bits per heavy atom. The number of carbonyl (C=O) groups is 2. The number of alkyl halides is 3. The van der Waals surface area contributed by atoms with Gasteiger partial charge >= 0.3 is 12.1 Å². The van der Waals surface area contributed by atoms with E-state index in [0.29, 0.717) is 13.2 Å². The number of rotatable bonds is 4. The van der Waals surface area contributed by atoms with E-state index < -0.39 is 12.1 Å². The molecule has 1 fully saturated rings. The average molecular weight is 366 g/mol. The van der Waals surface area contributed by atoms with E-state index in [2.05, 4.69) is 10.6 Å². The summed E-state index contributed by atoms with van der Waals surface area (Å²) in [5.41, 5.74) is 0. The lowest BCUT2D eigenvalue weighted by Gasteiger charge is -2.25. The van der Waals surface area contributed by atoms with Crippen LogP contribution in [-0.2, 0) is 14.3 Å². The highest BCUT2D eigenvalue weighted by molar-refractivity contribution is 5.82. The quantitative estimate of drug-likeness (QED) is 0.751. The molecule has 10 heteroatoms. The maximum atomic E-state index is 12.1. The van der Waals surface area contributed by atoms with Crippen LogP contribution in [0.4, 0.5) is 13.2 Å². The molecular weight excluding hydrogens is 345 g/mol. The molecule has 0 unspecified atom stereocenters. The van der Waals surface area contributed by atoms with Gasteiger partial charge in [-0.3, -0.25) is 4.79 Å². The number of hydrogen-bond acceptors (Lipinski definition) is 5. The van der Waals surface area contributed by atoms with Crippen molar-refractivity contribution in [2.24, 2.45) is 0 Å². The zero-order chi connectivity index (χ0) is 19.0. The predicted octanol–water partition coefficient (Wildman–Crippen LogP) is 1.78. The number of aryl methyl sites for hydroxylation is 1. The van der Waals surface area contributed by atoms with E-state index >= 15 is 0 Å². The Morgan fingerprint density at radius 2 is 2.08 bits per heavy atom. The molecule has 0 bridgehead atoms. The zero-order valence-corrected chi connectivity index (χ0v) is 13.9. The topological polar surface area (TPSA) is 101 Å². The van der Waals surface area contributed by atoms with Gasteiger partial charge in [-0.15, -0.1) is 0 Å². The van der Waals surface area contributed by atoms with Gasteiger partial charge in [-0.25, -0.2) is 4.79 Å². The normalized spacial score (nSPS) is 18.7. The number of morpholine rings is 1. The number of hydrogen-bond donors (Lipinski definition) is 3. The van der Waals surface area contributed by atoms with Crippen molar-refractivity contribution in [2.75, 3.05) is 19.8 Å². The minimum atomic E-state index is -5.08. The molecule has 0 aromatic carbocycles. The minimum absolute atomic E-state index is 0.0318. The molecule has 142 valence electrons. The Bertz CT molecular complexity index is 568. The molecule has 1 aliphatic rings. The highest BCUT2D eigenvalue weighted by Gasteiger charge is 2.38. The fourth-order valence-corrected chi connectivity index (χ4v) is 2.02. The minimum Gasteiger partial charge on any atom is -0.475 e.